The maximum absolute atomic E-state index is 11.5. The molecule has 2 aliphatic rings. The second-order valence-corrected chi connectivity index (χ2v) is 4.99. The molecule has 0 atom stereocenters. The molecule has 0 unspecified atom stereocenters. The molecule has 1 fully saturated rings. The van der Waals surface area contributed by atoms with E-state index in [4.69, 9.17) is 0 Å². The molecule has 1 saturated carbocycles. The molecular weight excluding hydrogens is 232 g/mol. The molecule has 0 aromatic carbocycles. The molecule has 0 radical (unpaired) electrons. The van der Waals surface area contributed by atoms with Gasteiger partial charge in [-0.25, -0.2) is 0 Å². The summed E-state index contributed by atoms with van der Waals surface area (Å²) in [5.74, 6) is 0.0766. The quantitative estimate of drug-likeness (QED) is 0.746. The van der Waals surface area contributed by atoms with Crippen molar-refractivity contribution in [2.45, 2.75) is 38.6 Å². The predicted molar refractivity (Wildman–Crippen MR) is 65.4 cm³/mol. The van der Waals surface area contributed by atoms with Crippen LogP contribution in [0.4, 0.5) is 0 Å². The molecule has 18 heavy (non-hydrogen) atoms. The summed E-state index contributed by atoms with van der Waals surface area (Å²) in [5.41, 5.74) is 0. The van der Waals surface area contributed by atoms with Gasteiger partial charge in [-0.3, -0.25) is 19.3 Å². The lowest BCUT2D eigenvalue weighted by Gasteiger charge is -2.33. The molecule has 1 N–H and O–H groups in total. The summed E-state index contributed by atoms with van der Waals surface area (Å²) in [4.78, 5) is 35.3. The van der Waals surface area contributed by atoms with Crippen molar-refractivity contribution in [3.63, 3.8) is 0 Å². The number of rotatable bonds is 3. The maximum atomic E-state index is 11.5. The van der Waals surface area contributed by atoms with Gasteiger partial charge in [0.15, 0.2) is 0 Å². The van der Waals surface area contributed by atoms with Crippen LogP contribution in [0.2, 0.25) is 0 Å². The van der Waals surface area contributed by atoms with Crippen molar-refractivity contribution in [2.24, 2.45) is 5.92 Å². The monoisotopic (exact) mass is 250 g/mol. The first-order valence-corrected chi connectivity index (χ1v) is 6.37. The molecule has 3 amide bonds. The van der Waals surface area contributed by atoms with Crippen molar-refractivity contribution in [1.29, 1.82) is 0 Å². The van der Waals surface area contributed by atoms with Gasteiger partial charge in [0, 0.05) is 31.7 Å². The van der Waals surface area contributed by atoms with Gasteiger partial charge in [-0.2, -0.15) is 0 Å². The number of nitrogens with zero attached hydrogens (tertiary/aromatic N) is 1. The van der Waals surface area contributed by atoms with Crippen LogP contribution in [-0.2, 0) is 14.4 Å². The zero-order valence-corrected chi connectivity index (χ0v) is 10.5. The Morgan fingerprint density at radius 2 is 1.78 bits per heavy atom. The molecule has 5 nitrogen and oxygen atoms in total. The number of carbonyl (C=O) groups excluding carboxylic acids is 3. The maximum Gasteiger partial charge on any atom is 0.253 e. The van der Waals surface area contributed by atoms with E-state index in [1.54, 1.807) is 0 Å². The summed E-state index contributed by atoms with van der Waals surface area (Å²) in [5, 5.41) is 2.82. The highest BCUT2D eigenvalue weighted by Crippen LogP contribution is 2.28. The van der Waals surface area contributed by atoms with Crippen molar-refractivity contribution >= 4 is 17.7 Å². The van der Waals surface area contributed by atoms with Crippen LogP contribution in [-0.4, -0.2) is 35.2 Å². The predicted octanol–water partition coefficient (Wildman–Crippen LogP) is 0.606. The summed E-state index contributed by atoms with van der Waals surface area (Å²) in [6.45, 7) is 2.21. The van der Waals surface area contributed by atoms with Crippen molar-refractivity contribution in [2.75, 3.05) is 6.54 Å². The minimum Gasteiger partial charge on any atom is -0.356 e. The Labute approximate surface area is 106 Å². The van der Waals surface area contributed by atoms with Crippen molar-refractivity contribution in [1.82, 2.24) is 10.2 Å². The lowest BCUT2D eigenvalue weighted by molar-refractivity contribution is -0.140. The molecule has 98 valence electrons. The summed E-state index contributed by atoms with van der Waals surface area (Å²) in [6.07, 6.45) is 6.24. The van der Waals surface area contributed by atoms with Gasteiger partial charge in [-0.1, -0.05) is 0 Å². The second-order valence-electron chi connectivity index (χ2n) is 4.99. The van der Waals surface area contributed by atoms with Crippen LogP contribution in [0.5, 0.6) is 0 Å². The van der Waals surface area contributed by atoms with E-state index < -0.39 is 0 Å². The fourth-order valence-corrected chi connectivity index (χ4v) is 2.67. The first kappa shape index (κ1) is 12.8. The van der Waals surface area contributed by atoms with Crippen LogP contribution >= 0.6 is 0 Å². The van der Waals surface area contributed by atoms with Crippen LogP contribution in [0.1, 0.15) is 32.6 Å². The highest BCUT2D eigenvalue weighted by Gasteiger charge is 2.33. The van der Waals surface area contributed by atoms with Crippen molar-refractivity contribution in [3.8, 4) is 0 Å². The summed E-state index contributed by atoms with van der Waals surface area (Å²) in [7, 11) is 0. The van der Waals surface area contributed by atoms with Gasteiger partial charge in [-0.15, -0.1) is 0 Å². The largest absolute Gasteiger partial charge is 0.356 e. The third-order valence-electron chi connectivity index (χ3n) is 3.66. The topological polar surface area (TPSA) is 66.5 Å². The molecule has 1 aliphatic heterocycles. The van der Waals surface area contributed by atoms with Gasteiger partial charge in [0.1, 0.15) is 0 Å². The number of hydrogen-bond acceptors (Lipinski definition) is 3. The minimum absolute atomic E-state index is 0.00813. The molecule has 0 saturated heterocycles. The number of amides is 3. The first-order chi connectivity index (χ1) is 8.58. The van der Waals surface area contributed by atoms with E-state index in [0.29, 0.717) is 12.5 Å². The molecule has 5 heteroatoms. The summed E-state index contributed by atoms with van der Waals surface area (Å²) >= 11 is 0. The Kier molecular flexibility index (Phi) is 3.79. The molecule has 0 bridgehead atoms. The second kappa shape index (κ2) is 5.33. The molecule has 0 aromatic heterocycles. The van der Waals surface area contributed by atoms with Crippen LogP contribution in [0.3, 0.4) is 0 Å². The Morgan fingerprint density at radius 1 is 1.22 bits per heavy atom. The molecule has 0 spiro atoms. The van der Waals surface area contributed by atoms with E-state index in [2.05, 4.69) is 5.32 Å². The van der Waals surface area contributed by atoms with Gasteiger partial charge in [0.2, 0.25) is 5.91 Å². The van der Waals surface area contributed by atoms with Gasteiger partial charge >= 0.3 is 0 Å². The lowest BCUT2D eigenvalue weighted by Crippen LogP contribution is -2.43. The molecular formula is C13H18N2O3. The fraction of sp³-hybridized carbons (Fsp3) is 0.615. The van der Waals surface area contributed by atoms with Crippen LogP contribution < -0.4 is 5.32 Å². The Balaban J connectivity index is 1.82. The molecule has 2 rings (SSSR count). The van der Waals surface area contributed by atoms with Gasteiger partial charge in [-0.05, 0) is 31.6 Å². The van der Waals surface area contributed by atoms with Gasteiger partial charge < -0.3 is 5.32 Å². The molecule has 1 aliphatic carbocycles. The summed E-state index contributed by atoms with van der Waals surface area (Å²) < 4.78 is 0. The van der Waals surface area contributed by atoms with E-state index in [0.717, 1.165) is 25.7 Å². The standard InChI is InChI=1S/C13H18N2O3/c1-9(16)14-8-10-2-4-11(5-3-10)15-12(17)6-7-13(15)18/h6-7,10-11H,2-5,8H2,1H3,(H,14,16). The SMILES string of the molecule is CC(=O)NCC1CCC(N2C(=O)C=CC2=O)CC1. The third kappa shape index (κ3) is 2.78. The normalized spacial score (nSPS) is 27.7. The first-order valence-electron chi connectivity index (χ1n) is 6.37. The zero-order valence-electron chi connectivity index (χ0n) is 10.5. The zero-order chi connectivity index (χ0) is 13.1. The summed E-state index contributed by atoms with van der Waals surface area (Å²) in [6, 6.07) is 0.0357. The smallest absolute Gasteiger partial charge is 0.253 e. The van der Waals surface area contributed by atoms with E-state index in [9.17, 15) is 14.4 Å². The van der Waals surface area contributed by atoms with Crippen LogP contribution in [0.15, 0.2) is 12.2 Å². The van der Waals surface area contributed by atoms with E-state index >= 15 is 0 Å². The average molecular weight is 250 g/mol. The highest BCUT2D eigenvalue weighted by molar-refractivity contribution is 6.13. The van der Waals surface area contributed by atoms with E-state index in [1.165, 1.54) is 24.0 Å². The number of carbonyl (C=O) groups is 3. The van der Waals surface area contributed by atoms with Gasteiger partial charge in [0.25, 0.3) is 11.8 Å². The number of nitrogens with one attached hydrogen (secondary N) is 1. The average Bonchev–Trinajstić information content (AvgIpc) is 2.67. The van der Waals surface area contributed by atoms with E-state index in [-0.39, 0.29) is 23.8 Å². The Hall–Kier alpha value is -1.65. The van der Waals surface area contributed by atoms with E-state index in [1.807, 2.05) is 0 Å². The van der Waals surface area contributed by atoms with Gasteiger partial charge in [0.05, 0.1) is 0 Å². The third-order valence-corrected chi connectivity index (χ3v) is 3.66. The minimum atomic E-state index is -0.190. The Bertz CT molecular complexity index is 377. The molecule has 0 aromatic rings. The van der Waals surface area contributed by atoms with Crippen molar-refractivity contribution in [3.05, 3.63) is 12.2 Å². The molecule has 1 heterocycles. The number of hydrogen-bond donors (Lipinski definition) is 1. The van der Waals surface area contributed by atoms with Crippen LogP contribution in [0.25, 0.3) is 0 Å². The lowest BCUT2D eigenvalue weighted by atomic mass is 9.85. The number of imide groups is 1. The van der Waals surface area contributed by atoms with Crippen molar-refractivity contribution < 1.29 is 14.4 Å². The Morgan fingerprint density at radius 3 is 2.28 bits per heavy atom. The fourth-order valence-electron chi connectivity index (χ4n) is 2.67. The van der Waals surface area contributed by atoms with Crippen LogP contribution in [0, 0.1) is 5.92 Å². The highest BCUT2D eigenvalue weighted by atomic mass is 16.2.